The summed E-state index contributed by atoms with van der Waals surface area (Å²) < 4.78 is 18.7. The molecule has 0 fully saturated rings. The Labute approximate surface area is 163 Å². The molecule has 0 bridgehead atoms. The summed E-state index contributed by atoms with van der Waals surface area (Å²) in [6.45, 7) is 0.984. The second kappa shape index (κ2) is 9.55. The number of carbonyl (C=O) groups is 1. The SMILES string of the molecule is O=C(OCc1ccccc1)N(CCc1ccc(F)c(O)c1)Cc1ccccc1. The number of halogens is 1. The van der Waals surface area contributed by atoms with Gasteiger partial charge in [-0.25, -0.2) is 9.18 Å². The monoisotopic (exact) mass is 379 g/mol. The van der Waals surface area contributed by atoms with E-state index in [-0.39, 0.29) is 6.61 Å². The zero-order valence-corrected chi connectivity index (χ0v) is 15.4. The van der Waals surface area contributed by atoms with Crippen molar-refractivity contribution >= 4 is 6.09 Å². The van der Waals surface area contributed by atoms with Crippen LogP contribution in [0, 0.1) is 5.82 Å². The Morgan fingerprint density at radius 2 is 1.54 bits per heavy atom. The predicted molar refractivity (Wildman–Crippen MR) is 105 cm³/mol. The molecule has 0 aliphatic rings. The summed E-state index contributed by atoms with van der Waals surface area (Å²) in [5.74, 6) is -1.05. The average Bonchev–Trinajstić information content (AvgIpc) is 2.73. The van der Waals surface area contributed by atoms with Crippen molar-refractivity contribution in [2.45, 2.75) is 19.6 Å². The fourth-order valence-corrected chi connectivity index (χ4v) is 2.83. The molecule has 0 spiro atoms. The third kappa shape index (κ3) is 5.58. The summed E-state index contributed by atoms with van der Waals surface area (Å²) in [4.78, 5) is 14.3. The van der Waals surface area contributed by atoms with Crippen molar-refractivity contribution in [2.75, 3.05) is 6.54 Å². The van der Waals surface area contributed by atoms with Crippen molar-refractivity contribution in [2.24, 2.45) is 0 Å². The molecule has 0 heterocycles. The first kappa shape index (κ1) is 19.4. The standard InChI is InChI=1S/C23H22FNO3/c24-21-12-11-18(15-22(21)26)13-14-25(16-19-7-3-1-4-8-19)23(27)28-17-20-9-5-2-6-10-20/h1-12,15,26H,13-14,16-17H2. The first-order chi connectivity index (χ1) is 13.6. The molecule has 144 valence electrons. The zero-order chi connectivity index (χ0) is 19.8. The van der Waals surface area contributed by atoms with Gasteiger partial charge in [0.1, 0.15) is 6.61 Å². The lowest BCUT2D eigenvalue weighted by Gasteiger charge is -2.22. The highest BCUT2D eigenvalue weighted by Crippen LogP contribution is 2.18. The Kier molecular flexibility index (Phi) is 6.63. The molecule has 0 saturated carbocycles. The summed E-state index contributed by atoms with van der Waals surface area (Å²) in [6.07, 6.45) is 0.0558. The van der Waals surface area contributed by atoms with Gasteiger partial charge >= 0.3 is 6.09 Å². The maximum atomic E-state index is 13.2. The molecule has 0 atom stereocenters. The maximum absolute atomic E-state index is 13.2. The van der Waals surface area contributed by atoms with Crippen molar-refractivity contribution in [1.82, 2.24) is 4.90 Å². The van der Waals surface area contributed by atoms with Gasteiger partial charge in [0.15, 0.2) is 11.6 Å². The molecule has 0 aromatic heterocycles. The lowest BCUT2D eigenvalue weighted by Crippen LogP contribution is -2.33. The van der Waals surface area contributed by atoms with E-state index in [2.05, 4.69) is 0 Å². The van der Waals surface area contributed by atoms with Crippen molar-refractivity contribution in [1.29, 1.82) is 0 Å². The number of ether oxygens (including phenoxy) is 1. The number of hydrogen-bond donors (Lipinski definition) is 1. The van der Waals surface area contributed by atoms with Crippen LogP contribution < -0.4 is 0 Å². The minimum atomic E-state index is -0.660. The average molecular weight is 379 g/mol. The van der Waals surface area contributed by atoms with E-state index >= 15 is 0 Å². The minimum Gasteiger partial charge on any atom is -0.505 e. The van der Waals surface area contributed by atoms with Gasteiger partial charge in [0.05, 0.1) is 0 Å². The maximum Gasteiger partial charge on any atom is 0.410 e. The molecule has 3 aromatic rings. The number of rotatable bonds is 7. The van der Waals surface area contributed by atoms with Crippen LogP contribution in [0.5, 0.6) is 5.75 Å². The van der Waals surface area contributed by atoms with Crippen LogP contribution >= 0.6 is 0 Å². The van der Waals surface area contributed by atoms with Gasteiger partial charge < -0.3 is 14.7 Å². The third-order valence-corrected chi connectivity index (χ3v) is 4.36. The molecule has 28 heavy (non-hydrogen) atoms. The highest BCUT2D eigenvalue weighted by Gasteiger charge is 2.16. The number of hydrogen-bond acceptors (Lipinski definition) is 3. The Morgan fingerprint density at radius 1 is 0.893 bits per heavy atom. The number of benzene rings is 3. The summed E-state index contributed by atoms with van der Waals surface area (Å²) in [5.41, 5.74) is 2.65. The molecule has 0 unspecified atom stereocenters. The van der Waals surface area contributed by atoms with Crippen molar-refractivity contribution in [3.8, 4) is 5.75 Å². The highest BCUT2D eigenvalue weighted by molar-refractivity contribution is 5.67. The van der Waals surface area contributed by atoms with Gasteiger partial charge in [-0.05, 0) is 35.2 Å². The Bertz CT molecular complexity index is 900. The van der Waals surface area contributed by atoms with Gasteiger partial charge in [-0.1, -0.05) is 66.7 Å². The topological polar surface area (TPSA) is 49.8 Å². The minimum absolute atomic E-state index is 0.197. The molecule has 0 aliphatic carbocycles. The summed E-state index contributed by atoms with van der Waals surface area (Å²) >= 11 is 0. The van der Waals surface area contributed by atoms with Crippen LogP contribution in [0.25, 0.3) is 0 Å². The molecule has 4 nitrogen and oxygen atoms in total. The van der Waals surface area contributed by atoms with Gasteiger partial charge in [0.2, 0.25) is 0 Å². The van der Waals surface area contributed by atoms with Gasteiger partial charge in [0.25, 0.3) is 0 Å². The van der Waals surface area contributed by atoms with Gasteiger partial charge in [-0.3, -0.25) is 0 Å². The number of amides is 1. The van der Waals surface area contributed by atoms with Crippen LogP contribution in [-0.4, -0.2) is 22.6 Å². The zero-order valence-electron chi connectivity index (χ0n) is 15.4. The van der Waals surface area contributed by atoms with E-state index in [0.29, 0.717) is 19.5 Å². The van der Waals surface area contributed by atoms with Gasteiger partial charge in [0, 0.05) is 13.1 Å². The van der Waals surface area contributed by atoms with E-state index < -0.39 is 17.7 Å². The molecule has 0 saturated heterocycles. The Morgan fingerprint density at radius 3 is 2.18 bits per heavy atom. The molecule has 1 amide bonds. The first-order valence-corrected chi connectivity index (χ1v) is 9.09. The lowest BCUT2D eigenvalue weighted by atomic mass is 10.1. The molecule has 3 aromatic carbocycles. The molecule has 5 heteroatoms. The van der Waals surface area contributed by atoms with Crippen molar-refractivity contribution in [3.05, 3.63) is 101 Å². The molecular formula is C23H22FNO3. The van der Waals surface area contributed by atoms with Crippen LogP contribution in [0.15, 0.2) is 78.9 Å². The second-order valence-corrected chi connectivity index (χ2v) is 6.48. The summed E-state index contributed by atoms with van der Waals surface area (Å²) in [6, 6.07) is 23.3. The first-order valence-electron chi connectivity index (χ1n) is 9.09. The van der Waals surface area contributed by atoms with Crippen LogP contribution in [0.1, 0.15) is 16.7 Å². The number of aromatic hydroxyl groups is 1. The van der Waals surface area contributed by atoms with E-state index in [1.54, 1.807) is 11.0 Å². The fraction of sp³-hybridized carbons (Fsp3) is 0.174. The molecule has 1 N–H and O–H groups in total. The van der Waals surface area contributed by atoms with Crippen LogP contribution in [0.3, 0.4) is 0 Å². The Hall–Kier alpha value is -3.34. The highest BCUT2D eigenvalue weighted by atomic mass is 19.1. The number of phenols is 1. The predicted octanol–water partition coefficient (Wildman–Crippen LogP) is 4.91. The molecular weight excluding hydrogens is 357 g/mol. The van der Waals surface area contributed by atoms with Crippen LogP contribution in [0.4, 0.5) is 9.18 Å². The van der Waals surface area contributed by atoms with Crippen molar-refractivity contribution in [3.63, 3.8) is 0 Å². The fourth-order valence-electron chi connectivity index (χ4n) is 2.83. The van der Waals surface area contributed by atoms with Gasteiger partial charge in [-0.15, -0.1) is 0 Å². The molecule has 0 radical (unpaired) electrons. The summed E-state index contributed by atoms with van der Waals surface area (Å²) in [5, 5.41) is 9.54. The quantitative estimate of drug-likeness (QED) is 0.634. The normalized spacial score (nSPS) is 10.5. The lowest BCUT2D eigenvalue weighted by molar-refractivity contribution is 0.0940. The van der Waals surface area contributed by atoms with Gasteiger partial charge in [-0.2, -0.15) is 0 Å². The van der Waals surface area contributed by atoms with E-state index in [1.165, 1.54) is 12.1 Å². The van der Waals surface area contributed by atoms with E-state index in [9.17, 15) is 14.3 Å². The van der Waals surface area contributed by atoms with E-state index in [4.69, 9.17) is 4.74 Å². The number of carbonyl (C=O) groups excluding carboxylic acids is 1. The van der Waals surface area contributed by atoms with E-state index in [0.717, 1.165) is 16.7 Å². The molecule has 0 aliphatic heterocycles. The number of phenolic OH excluding ortho intramolecular Hbond substituents is 1. The van der Waals surface area contributed by atoms with Crippen molar-refractivity contribution < 1.29 is 19.0 Å². The van der Waals surface area contributed by atoms with Crippen LogP contribution in [0.2, 0.25) is 0 Å². The number of nitrogens with zero attached hydrogens (tertiary/aromatic N) is 1. The smallest absolute Gasteiger partial charge is 0.410 e. The third-order valence-electron chi connectivity index (χ3n) is 4.36. The Balaban J connectivity index is 1.66. The second-order valence-electron chi connectivity index (χ2n) is 6.48. The van der Waals surface area contributed by atoms with Crippen LogP contribution in [-0.2, 0) is 24.3 Å². The molecule has 3 rings (SSSR count). The summed E-state index contributed by atoms with van der Waals surface area (Å²) in [7, 11) is 0. The van der Waals surface area contributed by atoms with E-state index in [1.807, 2.05) is 60.7 Å². The largest absolute Gasteiger partial charge is 0.505 e.